The molecule has 0 unspecified atom stereocenters. The summed E-state index contributed by atoms with van der Waals surface area (Å²) in [7, 11) is 0. The minimum atomic E-state index is 0.210. The van der Waals surface area contributed by atoms with Crippen molar-refractivity contribution in [3.63, 3.8) is 0 Å². The van der Waals surface area contributed by atoms with Gasteiger partial charge in [0.2, 0.25) is 0 Å². The third-order valence-corrected chi connectivity index (χ3v) is 8.16. The Morgan fingerprint density at radius 2 is 2.05 bits per heavy atom. The zero-order valence-electron chi connectivity index (χ0n) is 20.3. The highest BCUT2D eigenvalue weighted by Gasteiger charge is 2.44. The summed E-state index contributed by atoms with van der Waals surface area (Å²) in [4.78, 5) is 11.1. The Bertz CT molecular complexity index is 1530. The van der Waals surface area contributed by atoms with Gasteiger partial charge in [-0.15, -0.1) is 0 Å². The number of rotatable bonds is 5. The second-order valence-corrected chi connectivity index (χ2v) is 10.7. The van der Waals surface area contributed by atoms with E-state index in [0.29, 0.717) is 43.7 Å². The second-order valence-electron chi connectivity index (χ2n) is 9.90. The molecular formula is C27H25Cl2N7O. The maximum atomic E-state index is 9.91. The van der Waals surface area contributed by atoms with Crippen LogP contribution in [0.1, 0.15) is 29.7 Å². The van der Waals surface area contributed by atoms with E-state index in [1.54, 1.807) is 12.4 Å². The molecule has 0 radical (unpaired) electrons. The molecule has 5 heterocycles. The lowest BCUT2D eigenvalue weighted by Crippen LogP contribution is -2.62. The number of aromatic amines is 1. The van der Waals surface area contributed by atoms with Crippen LogP contribution in [0.2, 0.25) is 10.0 Å². The van der Waals surface area contributed by atoms with Gasteiger partial charge in [-0.3, -0.25) is 10.1 Å². The standard InChI is InChI=1S/C27H25Cl2N7O/c1-16-24(29)21(22(28)11-32-16)12-37-19-3-4-23-20(8-19)25(35-34-23)18-7-17(9-30)26(33-10-18)36-14-27(15-36)5-2-6-31-13-27/h3-4,7-8,10-11,31H,2,5-6,12-15H2,1H3,(H,34,35). The number of halogens is 2. The highest BCUT2D eigenvalue weighted by molar-refractivity contribution is 6.36. The molecule has 10 heteroatoms. The van der Waals surface area contributed by atoms with Gasteiger partial charge in [-0.2, -0.15) is 10.4 Å². The van der Waals surface area contributed by atoms with E-state index in [9.17, 15) is 5.26 Å². The highest BCUT2D eigenvalue weighted by Crippen LogP contribution is 2.40. The van der Waals surface area contributed by atoms with Gasteiger partial charge in [0.05, 0.1) is 26.8 Å². The van der Waals surface area contributed by atoms with Crippen LogP contribution in [0.5, 0.6) is 5.75 Å². The second kappa shape index (κ2) is 9.49. The predicted molar refractivity (Wildman–Crippen MR) is 144 cm³/mol. The summed E-state index contributed by atoms with van der Waals surface area (Å²) in [6.07, 6.45) is 5.79. The molecule has 0 saturated carbocycles. The Kier molecular flexibility index (Phi) is 6.15. The van der Waals surface area contributed by atoms with E-state index in [1.165, 1.54) is 12.8 Å². The third kappa shape index (κ3) is 4.37. The number of aromatic nitrogens is 4. The van der Waals surface area contributed by atoms with E-state index in [-0.39, 0.29) is 6.61 Å². The van der Waals surface area contributed by atoms with Crippen molar-refractivity contribution in [3.8, 4) is 23.1 Å². The van der Waals surface area contributed by atoms with Crippen LogP contribution in [0, 0.1) is 23.7 Å². The molecule has 0 aliphatic carbocycles. The Morgan fingerprint density at radius 1 is 1.19 bits per heavy atom. The van der Waals surface area contributed by atoms with Crippen LogP contribution in [-0.2, 0) is 6.61 Å². The maximum absolute atomic E-state index is 9.91. The van der Waals surface area contributed by atoms with Crippen molar-refractivity contribution in [2.45, 2.75) is 26.4 Å². The molecule has 1 aromatic carbocycles. The Hall–Kier alpha value is -3.38. The first-order chi connectivity index (χ1) is 18.0. The van der Waals surface area contributed by atoms with Gasteiger partial charge in [-0.25, -0.2) is 4.98 Å². The average molecular weight is 534 g/mol. The van der Waals surface area contributed by atoms with Gasteiger partial charge in [0.15, 0.2) is 0 Å². The number of ether oxygens (including phenoxy) is 1. The van der Waals surface area contributed by atoms with E-state index in [2.05, 4.69) is 31.5 Å². The Morgan fingerprint density at radius 3 is 2.84 bits per heavy atom. The summed E-state index contributed by atoms with van der Waals surface area (Å²) < 4.78 is 6.03. The molecule has 2 saturated heterocycles. The number of hydrogen-bond donors (Lipinski definition) is 2. The summed E-state index contributed by atoms with van der Waals surface area (Å²) in [6.45, 7) is 6.02. The van der Waals surface area contributed by atoms with Crippen molar-refractivity contribution in [1.82, 2.24) is 25.5 Å². The molecule has 2 fully saturated rings. The normalized spacial score (nSPS) is 16.5. The van der Waals surface area contributed by atoms with E-state index < -0.39 is 0 Å². The number of nitrogens with zero attached hydrogens (tertiary/aromatic N) is 5. The summed E-state index contributed by atoms with van der Waals surface area (Å²) in [5, 5.41) is 22.8. The van der Waals surface area contributed by atoms with Gasteiger partial charge in [0, 0.05) is 54.0 Å². The first-order valence-corrected chi connectivity index (χ1v) is 13.0. The number of anilines is 1. The van der Waals surface area contributed by atoms with E-state index in [4.69, 9.17) is 32.9 Å². The number of fused-ring (bicyclic) bond motifs is 1. The van der Waals surface area contributed by atoms with Crippen molar-refractivity contribution in [3.05, 3.63) is 63.5 Å². The molecule has 2 N–H and O–H groups in total. The molecule has 0 bridgehead atoms. The van der Waals surface area contributed by atoms with Crippen LogP contribution in [0.25, 0.3) is 22.2 Å². The van der Waals surface area contributed by atoms with Gasteiger partial charge >= 0.3 is 0 Å². The number of H-pyrrole nitrogens is 1. The predicted octanol–water partition coefficient (Wildman–Crippen LogP) is 5.28. The van der Waals surface area contributed by atoms with E-state index in [1.807, 2.05) is 31.2 Å². The molecule has 6 rings (SSSR count). The van der Waals surface area contributed by atoms with Gasteiger partial charge in [-0.05, 0) is 50.6 Å². The lowest BCUT2D eigenvalue weighted by Gasteiger charge is -2.53. The molecule has 0 atom stereocenters. The number of piperidine rings is 1. The molecule has 4 aromatic rings. The number of benzene rings is 1. The first kappa shape index (κ1) is 24.0. The van der Waals surface area contributed by atoms with Crippen molar-refractivity contribution in [2.24, 2.45) is 5.41 Å². The molecule has 188 valence electrons. The van der Waals surface area contributed by atoms with Crippen molar-refractivity contribution in [2.75, 3.05) is 31.1 Å². The van der Waals surface area contributed by atoms with Gasteiger partial charge in [0.25, 0.3) is 0 Å². The van der Waals surface area contributed by atoms with Crippen molar-refractivity contribution in [1.29, 1.82) is 5.26 Å². The van der Waals surface area contributed by atoms with Crippen molar-refractivity contribution >= 4 is 39.9 Å². The zero-order chi connectivity index (χ0) is 25.6. The summed E-state index contributed by atoms with van der Waals surface area (Å²) in [5.74, 6) is 1.39. The molecule has 2 aliphatic heterocycles. The third-order valence-electron chi connectivity index (χ3n) is 7.33. The average Bonchev–Trinajstić information content (AvgIpc) is 3.33. The van der Waals surface area contributed by atoms with Crippen LogP contribution >= 0.6 is 23.2 Å². The summed E-state index contributed by atoms with van der Waals surface area (Å²) in [5.41, 5.74) is 4.59. The van der Waals surface area contributed by atoms with Gasteiger partial charge in [0.1, 0.15) is 29.9 Å². The molecule has 37 heavy (non-hydrogen) atoms. The minimum absolute atomic E-state index is 0.210. The van der Waals surface area contributed by atoms with Crippen LogP contribution < -0.4 is 15.0 Å². The number of pyridine rings is 2. The molecule has 8 nitrogen and oxygen atoms in total. The molecular weight excluding hydrogens is 509 g/mol. The SMILES string of the molecule is Cc1ncc(Cl)c(COc2ccc3[nH]nc(-c4cnc(N5CC6(CCCNC6)C5)c(C#N)c4)c3c2)c1Cl. The Labute approximate surface area is 224 Å². The molecule has 2 aliphatic rings. The van der Waals surface area contributed by atoms with Crippen LogP contribution in [0.4, 0.5) is 5.82 Å². The van der Waals surface area contributed by atoms with Gasteiger partial charge < -0.3 is 15.0 Å². The lowest BCUT2D eigenvalue weighted by atomic mass is 9.74. The number of hydrogen-bond acceptors (Lipinski definition) is 7. The van der Waals surface area contributed by atoms with E-state index >= 15 is 0 Å². The largest absolute Gasteiger partial charge is 0.489 e. The maximum Gasteiger partial charge on any atom is 0.146 e. The minimum Gasteiger partial charge on any atom is -0.489 e. The Balaban J connectivity index is 1.25. The highest BCUT2D eigenvalue weighted by atomic mass is 35.5. The summed E-state index contributed by atoms with van der Waals surface area (Å²) >= 11 is 12.7. The molecule has 3 aromatic heterocycles. The number of aryl methyl sites for hydroxylation is 1. The fourth-order valence-electron chi connectivity index (χ4n) is 5.34. The zero-order valence-corrected chi connectivity index (χ0v) is 21.8. The smallest absolute Gasteiger partial charge is 0.146 e. The van der Waals surface area contributed by atoms with Gasteiger partial charge in [-0.1, -0.05) is 23.2 Å². The van der Waals surface area contributed by atoms with Crippen LogP contribution in [-0.4, -0.2) is 46.3 Å². The van der Waals surface area contributed by atoms with Crippen LogP contribution in [0.3, 0.4) is 0 Å². The lowest BCUT2D eigenvalue weighted by molar-refractivity contribution is 0.156. The fourth-order valence-corrected chi connectivity index (χ4v) is 5.79. The molecule has 1 spiro atoms. The fraction of sp³-hybridized carbons (Fsp3) is 0.333. The topological polar surface area (TPSA) is 103 Å². The number of nitriles is 1. The quantitative estimate of drug-likeness (QED) is 0.359. The van der Waals surface area contributed by atoms with Crippen LogP contribution in [0.15, 0.2) is 36.7 Å². The molecule has 0 amide bonds. The monoisotopic (exact) mass is 533 g/mol. The van der Waals surface area contributed by atoms with Crippen molar-refractivity contribution < 1.29 is 4.74 Å². The summed E-state index contributed by atoms with van der Waals surface area (Å²) in [6, 6.07) is 9.90. The number of nitrogens with one attached hydrogen (secondary N) is 2. The van der Waals surface area contributed by atoms with E-state index in [0.717, 1.165) is 48.5 Å². The first-order valence-electron chi connectivity index (χ1n) is 12.2.